The Morgan fingerprint density at radius 3 is 2.78 bits per heavy atom. The number of carbonyl (C=O) groups excluding carboxylic acids is 1. The van der Waals surface area contributed by atoms with Gasteiger partial charge in [-0.05, 0) is 45.9 Å². The fraction of sp³-hybridized carbons (Fsp3) is 0.526. The Morgan fingerprint density at radius 2 is 2.04 bits per heavy atom. The fourth-order valence-electron chi connectivity index (χ4n) is 3.36. The van der Waals surface area contributed by atoms with Crippen LogP contribution in [0.15, 0.2) is 24.3 Å². The molecule has 0 spiro atoms. The zero-order valence-electron chi connectivity index (χ0n) is 14.5. The largest absolute Gasteiger partial charge is 0.460 e. The van der Waals surface area contributed by atoms with E-state index in [-0.39, 0.29) is 5.97 Å². The Hall–Kier alpha value is -1.81. The molecule has 0 bridgehead atoms. The highest BCUT2D eigenvalue weighted by atomic mass is 16.6. The maximum Gasteiger partial charge on any atom is 0.307 e. The summed E-state index contributed by atoms with van der Waals surface area (Å²) in [5, 5.41) is 1.34. The third-order valence-corrected chi connectivity index (χ3v) is 4.49. The maximum absolute atomic E-state index is 11.9. The summed E-state index contributed by atoms with van der Waals surface area (Å²) in [6.07, 6.45) is 2.51. The van der Waals surface area contributed by atoms with Gasteiger partial charge < -0.3 is 14.6 Å². The molecule has 0 radical (unpaired) electrons. The van der Waals surface area contributed by atoms with Crippen molar-refractivity contribution in [3.63, 3.8) is 0 Å². The standard InChI is InChI=1S/C19H26N2O2/c1-19(2,3)23-18(22)9-10-21(4)13-11-15-14-7-5-6-8-16(14)20-17(15)12-13/h5-8,13,20H,9-12H2,1-4H3. The van der Waals surface area contributed by atoms with Crippen LogP contribution in [-0.2, 0) is 22.4 Å². The molecule has 124 valence electrons. The van der Waals surface area contributed by atoms with Crippen LogP contribution in [0.5, 0.6) is 0 Å². The Bertz CT molecular complexity index is 712. The Labute approximate surface area is 137 Å². The van der Waals surface area contributed by atoms with E-state index < -0.39 is 5.60 Å². The number of hydrogen-bond acceptors (Lipinski definition) is 3. The summed E-state index contributed by atoms with van der Waals surface area (Å²) in [6.45, 7) is 6.46. The Morgan fingerprint density at radius 1 is 1.30 bits per heavy atom. The lowest BCUT2D eigenvalue weighted by atomic mass is 10.1. The van der Waals surface area contributed by atoms with Crippen LogP contribution in [-0.4, -0.2) is 41.1 Å². The second-order valence-electron chi connectivity index (χ2n) is 7.51. The van der Waals surface area contributed by atoms with Gasteiger partial charge in [0.15, 0.2) is 0 Å². The SMILES string of the molecule is CN(CCC(=O)OC(C)(C)C)C1Cc2[nH]c3ccccc3c2C1. The number of aromatic nitrogens is 1. The number of nitrogens with one attached hydrogen (secondary N) is 1. The third kappa shape index (κ3) is 3.58. The van der Waals surface area contributed by atoms with Gasteiger partial charge in [-0.1, -0.05) is 18.2 Å². The summed E-state index contributed by atoms with van der Waals surface area (Å²) in [7, 11) is 2.10. The number of fused-ring (bicyclic) bond motifs is 3. The van der Waals surface area contributed by atoms with Crippen LogP contribution < -0.4 is 0 Å². The fourth-order valence-corrected chi connectivity index (χ4v) is 3.36. The molecule has 1 N–H and O–H groups in total. The van der Waals surface area contributed by atoms with Crippen molar-refractivity contribution in [1.82, 2.24) is 9.88 Å². The smallest absolute Gasteiger partial charge is 0.307 e. The molecule has 1 aromatic heterocycles. The van der Waals surface area contributed by atoms with Crippen molar-refractivity contribution in [2.45, 2.75) is 51.7 Å². The van der Waals surface area contributed by atoms with E-state index >= 15 is 0 Å². The van der Waals surface area contributed by atoms with Crippen LogP contribution in [0.3, 0.4) is 0 Å². The van der Waals surface area contributed by atoms with Gasteiger partial charge in [0.05, 0.1) is 6.42 Å². The lowest BCUT2D eigenvalue weighted by molar-refractivity contribution is -0.155. The molecule has 0 saturated heterocycles. The molecule has 1 aromatic carbocycles. The Balaban J connectivity index is 1.58. The second-order valence-corrected chi connectivity index (χ2v) is 7.51. The minimum atomic E-state index is -0.403. The van der Waals surface area contributed by atoms with Crippen molar-refractivity contribution in [1.29, 1.82) is 0 Å². The summed E-state index contributed by atoms with van der Waals surface area (Å²) in [5.41, 5.74) is 3.61. The first-order valence-corrected chi connectivity index (χ1v) is 8.34. The van der Waals surface area contributed by atoms with Crippen LogP contribution >= 0.6 is 0 Å². The van der Waals surface area contributed by atoms with Gasteiger partial charge in [-0.15, -0.1) is 0 Å². The van der Waals surface area contributed by atoms with Crippen molar-refractivity contribution < 1.29 is 9.53 Å². The van der Waals surface area contributed by atoms with Gasteiger partial charge in [-0.3, -0.25) is 4.79 Å². The minimum Gasteiger partial charge on any atom is -0.460 e. The number of H-pyrrole nitrogens is 1. The Kier molecular flexibility index (Phi) is 4.19. The summed E-state index contributed by atoms with van der Waals surface area (Å²) < 4.78 is 5.38. The second kappa shape index (κ2) is 6.00. The normalized spacial score (nSPS) is 17.7. The van der Waals surface area contributed by atoms with Gasteiger partial charge in [0.2, 0.25) is 0 Å². The summed E-state index contributed by atoms with van der Waals surface area (Å²) in [4.78, 5) is 17.7. The average molecular weight is 314 g/mol. The highest BCUT2D eigenvalue weighted by Gasteiger charge is 2.28. The number of aromatic amines is 1. The predicted molar refractivity (Wildman–Crippen MR) is 92.6 cm³/mol. The topological polar surface area (TPSA) is 45.3 Å². The van der Waals surface area contributed by atoms with Crippen LogP contribution in [0, 0.1) is 0 Å². The van der Waals surface area contributed by atoms with Crippen LogP contribution in [0.1, 0.15) is 38.4 Å². The quantitative estimate of drug-likeness (QED) is 0.881. The van der Waals surface area contributed by atoms with Gasteiger partial charge in [0.25, 0.3) is 0 Å². The number of esters is 1. The number of benzene rings is 1. The van der Waals surface area contributed by atoms with E-state index in [9.17, 15) is 4.79 Å². The van der Waals surface area contributed by atoms with Crippen molar-refractivity contribution in [2.24, 2.45) is 0 Å². The molecule has 0 saturated carbocycles. The molecule has 0 fully saturated rings. The summed E-state index contributed by atoms with van der Waals surface area (Å²) in [6, 6.07) is 8.94. The molecule has 1 aliphatic rings. The highest BCUT2D eigenvalue weighted by Crippen LogP contribution is 2.31. The molecule has 1 heterocycles. The van der Waals surface area contributed by atoms with E-state index in [1.165, 1.54) is 22.2 Å². The predicted octanol–water partition coefficient (Wildman–Crippen LogP) is 3.30. The number of hydrogen-bond donors (Lipinski definition) is 1. The average Bonchev–Trinajstić information content (AvgIpc) is 3.00. The summed E-state index contributed by atoms with van der Waals surface area (Å²) >= 11 is 0. The summed E-state index contributed by atoms with van der Waals surface area (Å²) in [5.74, 6) is -0.119. The molecular weight excluding hydrogens is 288 g/mol. The zero-order valence-corrected chi connectivity index (χ0v) is 14.5. The van der Waals surface area contributed by atoms with E-state index in [2.05, 4.69) is 41.2 Å². The van der Waals surface area contributed by atoms with Gasteiger partial charge in [-0.2, -0.15) is 0 Å². The van der Waals surface area contributed by atoms with Gasteiger partial charge >= 0.3 is 5.97 Å². The molecule has 3 rings (SSSR count). The molecular formula is C19H26N2O2. The monoisotopic (exact) mass is 314 g/mol. The first kappa shape index (κ1) is 16.1. The van der Waals surface area contributed by atoms with Crippen molar-refractivity contribution in [3.8, 4) is 0 Å². The van der Waals surface area contributed by atoms with E-state index in [4.69, 9.17) is 4.74 Å². The zero-order chi connectivity index (χ0) is 16.6. The number of para-hydroxylation sites is 1. The van der Waals surface area contributed by atoms with Gasteiger partial charge in [0.1, 0.15) is 5.60 Å². The lowest BCUT2D eigenvalue weighted by Crippen LogP contribution is -2.35. The highest BCUT2D eigenvalue weighted by molar-refractivity contribution is 5.85. The van der Waals surface area contributed by atoms with Crippen molar-refractivity contribution in [3.05, 3.63) is 35.5 Å². The molecule has 23 heavy (non-hydrogen) atoms. The van der Waals surface area contributed by atoms with Crippen molar-refractivity contribution >= 4 is 16.9 Å². The first-order valence-electron chi connectivity index (χ1n) is 8.34. The van der Waals surface area contributed by atoms with E-state index in [1.807, 2.05) is 20.8 Å². The molecule has 0 amide bonds. The molecule has 1 unspecified atom stereocenters. The lowest BCUT2D eigenvalue weighted by Gasteiger charge is -2.25. The molecule has 1 atom stereocenters. The molecule has 2 aromatic rings. The van der Waals surface area contributed by atoms with Crippen LogP contribution in [0.25, 0.3) is 10.9 Å². The number of rotatable bonds is 4. The number of likely N-dealkylation sites (N-methyl/N-ethyl adjacent to an activating group) is 1. The maximum atomic E-state index is 11.9. The first-order chi connectivity index (χ1) is 10.8. The number of carbonyl (C=O) groups is 1. The number of ether oxygens (including phenoxy) is 1. The molecule has 4 heteroatoms. The van der Waals surface area contributed by atoms with Crippen LogP contribution in [0.4, 0.5) is 0 Å². The van der Waals surface area contributed by atoms with Crippen LogP contribution in [0.2, 0.25) is 0 Å². The van der Waals surface area contributed by atoms with E-state index in [1.54, 1.807) is 0 Å². The van der Waals surface area contributed by atoms with Crippen molar-refractivity contribution in [2.75, 3.05) is 13.6 Å². The third-order valence-electron chi connectivity index (χ3n) is 4.49. The molecule has 4 nitrogen and oxygen atoms in total. The van der Waals surface area contributed by atoms with Gasteiger partial charge in [0, 0.05) is 35.6 Å². The molecule has 0 aliphatic heterocycles. The molecule has 1 aliphatic carbocycles. The van der Waals surface area contributed by atoms with Gasteiger partial charge in [-0.25, -0.2) is 0 Å². The van der Waals surface area contributed by atoms with E-state index in [0.29, 0.717) is 12.5 Å². The number of nitrogens with zero attached hydrogens (tertiary/aromatic N) is 1. The van der Waals surface area contributed by atoms with E-state index in [0.717, 1.165) is 19.4 Å². The minimum absolute atomic E-state index is 0.119.